The van der Waals surface area contributed by atoms with Gasteiger partial charge in [0.1, 0.15) is 5.76 Å². The molecule has 0 saturated heterocycles. The van der Waals surface area contributed by atoms with Gasteiger partial charge in [-0.2, -0.15) is 0 Å². The van der Waals surface area contributed by atoms with Gasteiger partial charge >= 0.3 is 0 Å². The van der Waals surface area contributed by atoms with Crippen LogP contribution in [0, 0.1) is 20.8 Å². The first-order valence-corrected chi connectivity index (χ1v) is 6.29. The molecule has 1 aromatic carbocycles. The lowest BCUT2D eigenvalue weighted by Gasteiger charge is -2.20. The van der Waals surface area contributed by atoms with Gasteiger partial charge in [-0.3, -0.25) is 0 Å². The van der Waals surface area contributed by atoms with Crippen LogP contribution in [0.2, 0.25) is 0 Å². The van der Waals surface area contributed by atoms with Crippen LogP contribution in [0.3, 0.4) is 0 Å². The lowest BCUT2D eigenvalue weighted by atomic mass is 10.0. The maximum Gasteiger partial charge on any atom is 0.141 e. The molecule has 2 rings (SSSR count). The summed E-state index contributed by atoms with van der Waals surface area (Å²) in [6.07, 6.45) is 0. The highest BCUT2D eigenvalue weighted by Gasteiger charge is 2.13. The lowest BCUT2D eigenvalue weighted by molar-refractivity contribution is 0.393. The Morgan fingerprint density at radius 3 is 2.50 bits per heavy atom. The molecule has 0 saturated carbocycles. The Labute approximate surface area is 108 Å². The van der Waals surface area contributed by atoms with E-state index >= 15 is 0 Å². The fraction of sp³-hybridized carbons (Fsp3) is 0.400. The SMILES string of the molecule is CCN(C)c1cc(-c2c(C)noc2C)ccc1C. The zero-order valence-electron chi connectivity index (χ0n) is 11.7. The third-order valence-corrected chi connectivity index (χ3v) is 3.42. The Morgan fingerprint density at radius 2 is 1.94 bits per heavy atom. The molecule has 1 heterocycles. The zero-order valence-corrected chi connectivity index (χ0v) is 11.7. The maximum atomic E-state index is 5.24. The smallest absolute Gasteiger partial charge is 0.141 e. The van der Waals surface area contributed by atoms with Crippen molar-refractivity contribution in [2.75, 3.05) is 18.5 Å². The number of hydrogen-bond acceptors (Lipinski definition) is 3. The highest BCUT2D eigenvalue weighted by Crippen LogP contribution is 2.31. The molecule has 0 N–H and O–H groups in total. The van der Waals surface area contributed by atoms with Crippen LogP contribution in [-0.2, 0) is 0 Å². The van der Waals surface area contributed by atoms with Crippen molar-refractivity contribution in [2.45, 2.75) is 27.7 Å². The summed E-state index contributed by atoms with van der Waals surface area (Å²) < 4.78 is 5.24. The highest BCUT2D eigenvalue weighted by molar-refractivity contribution is 5.73. The molecule has 3 heteroatoms. The van der Waals surface area contributed by atoms with Crippen molar-refractivity contribution in [3.8, 4) is 11.1 Å². The molecule has 0 aliphatic rings. The summed E-state index contributed by atoms with van der Waals surface area (Å²) >= 11 is 0. The van der Waals surface area contributed by atoms with E-state index in [9.17, 15) is 0 Å². The van der Waals surface area contributed by atoms with E-state index in [-0.39, 0.29) is 0 Å². The van der Waals surface area contributed by atoms with E-state index in [0.717, 1.165) is 23.6 Å². The van der Waals surface area contributed by atoms with E-state index in [0.29, 0.717) is 0 Å². The largest absolute Gasteiger partial charge is 0.375 e. The Balaban J connectivity index is 2.54. The minimum Gasteiger partial charge on any atom is -0.375 e. The summed E-state index contributed by atoms with van der Waals surface area (Å²) in [5.41, 5.74) is 5.78. The summed E-state index contributed by atoms with van der Waals surface area (Å²) in [6.45, 7) is 9.22. The maximum absolute atomic E-state index is 5.24. The van der Waals surface area contributed by atoms with E-state index in [1.807, 2.05) is 13.8 Å². The fourth-order valence-electron chi connectivity index (χ4n) is 2.24. The first-order valence-electron chi connectivity index (χ1n) is 6.29. The number of hydrogen-bond donors (Lipinski definition) is 0. The average molecular weight is 244 g/mol. The standard InChI is InChI=1S/C15H20N2O/c1-6-17(5)14-9-13(8-7-10(14)2)15-11(3)16-18-12(15)4/h7-9H,6H2,1-5H3. The Hall–Kier alpha value is -1.77. The lowest BCUT2D eigenvalue weighted by Crippen LogP contribution is -2.16. The number of benzene rings is 1. The van der Waals surface area contributed by atoms with Crippen LogP contribution in [0.5, 0.6) is 0 Å². The first-order chi connectivity index (χ1) is 8.54. The average Bonchev–Trinajstić information content (AvgIpc) is 2.69. The van der Waals surface area contributed by atoms with Gasteiger partial charge in [0.25, 0.3) is 0 Å². The molecule has 0 aliphatic carbocycles. The summed E-state index contributed by atoms with van der Waals surface area (Å²) in [4.78, 5) is 2.25. The van der Waals surface area contributed by atoms with E-state index in [1.54, 1.807) is 0 Å². The van der Waals surface area contributed by atoms with Crippen molar-refractivity contribution in [1.82, 2.24) is 5.16 Å². The van der Waals surface area contributed by atoms with E-state index in [2.05, 4.69) is 49.2 Å². The van der Waals surface area contributed by atoms with Crippen LogP contribution in [0.1, 0.15) is 23.9 Å². The van der Waals surface area contributed by atoms with E-state index in [4.69, 9.17) is 4.52 Å². The Bertz CT molecular complexity index is 538. The molecule has 0 unspecified atom stereocenters. The number of nitrogens with zero attached hydrogens (tertiary/aromatic N) is 2. The number of aryl methyl sites for hydroxylation is 3. The number of anilines is 1. The Kier molecular flexibility index (Phi) is 3.41. The van der Waals surface area contributed by atoms with Gasteiger partial charge < -0.3 is 9.42 Å². The molecule has 1 aromatic heterocycles. The van der Waals surface area contributed by atoms with Crippen molar-refractivity contribution in [3.63, 3.8) is 0 Å². The van der Waals surface area contributed by atoms with E-state index < -0.39 is 0 Å². The van der Waals surface area contributed by atoms with Crippen LogP contribution >= 0.6 is 0 Å². The van der Waals surface area contributed by atoms with Gasteiger partial charge in [0.2, 0.25) is 0 Å². The van der Waals surface area contributed by atoms with Crippen LogP contribution in [0.4, 0.5) is 5.69 Å². The summed E-state index contributed by atoms with van der Waals surface area (Å²) in [5.74, 6) is 0.876. The molecule has 0 radical (unpaired) electrons. The second kappa shape index (κ2) is 4.84. The number of aromatic nitrogens is 1. The van der Waals surface area contributed by atoms with Gasteiger partial charge in [0.05, 0.1) is 5.69 Å². The molecule has 0 aliphatic heterocycles. The van der Waals surface area contributed by atoms with Crippen LogP contribution in [-0.4, -0.2) is 18.7 Å². The molecule has 2 aromatic rings. The normalized spacial score (nSPS) is 10.7. The van der Waals surface area contributed by atoms with Crippen molar-refractivity contribution in [1.29, 1.82) is 0 Å². The third kappa shape index (κ3) is 2.13. The summed E-state index contributed by atoms with van der Waals surface area (Å²) in [6, 6.07) is 6.50. The first kappa shape index (κ1) is 12.7. The Morgan fingerprint density at radius 1 is 1.22 bits per heavy atom. The molecule has 0 amide bonds. The summed E-state index contributed by atoms with van der Waals surface area (Å²) in [5, 5.41) is 4.02. The van der Waals surface area contributed by atoms with Gasteiger partial charge in [-0.15, -0.1) is 0 Å². The van der Waals surface area contributed by atoms with Crippen molar-refractivity contribution in [3.05, 3.63) is 35.2 Å². The van der Waals surface area contributed by atoms with E-state index in [1.165, 1.54) is 16.8 Å². The molecule has 0 bridgehead atoms. The molecular formula is C15H20N2O. The van der Waals surface area contributed by atoms with Crippen LogP contribution in [0.25, 0.3) is 11.1 Å². The molecule has 18 heavy (non-hydrogen) atoms. The second-order valence-corrected chi connectivity index (χ2v) is 4.71. The van der Waals surface area contributed by atoms with Crippen LogP contribution in [0.15, 0.2) is 22.7 Å². The molecule has 0 fully saturated rings. The van der Waals surface area contributed by atoms with Gasteiger partial charge in [-0.25, -0.2) is 0 Å². The molecule has 0 spiro atoms. The van der Waals surface area contributed by atoms with Gasteiger partial charge in [-0.1, -0.05) is 17.3 Å². The quantitative estimate of drug-likeness (QED) is 0.824. The minimum atomic E-state index is 0.876. The minimum absolute atomic E-state index is 0.876. The summed E-state index contributed by atoms with van der Waals surface area (Å²) in [7, 11) is 2.11. The van der Waals surface area contributed by atoms with Crippen molar-refractivity contribution in [2.24, 2.45) is 0 Å². The molecule has 0 atom stereocenters. The third-order valence-electron chi connectivity index (χ3n) is 3.42. The predicted octanol–water partition coefficient (Wildman–Crippen LogP) is 3.72. The number of rotatable bonds is 3. The van der Waals surface area contributed by atoms with Gasteiger partial charge in [0, 0.05) is 24.8 Å². The van der Waals surface area contributed by atoms with Gasteiger partial charge in [-0.05, 0) is 44.9 Å². The van der Waals surface area contributed by atoms with Crippen molar-refractivity contribution < 1.29 is 4.52 Å². The zero-order chi connectivity index (χ0) is 13.3. The van der Waals surface area contributed by atoms with Crippen LogP contribution < -0.4 is 4.90 Å². The monoisotopic (exact) mass is 244 g/mol. The van der Waals surface area contributed by atoms with Crippen molar-refractivity contribution >= 4 is 5.69 Å². The fourth-order valence-corrected chi connectivity index (χ4v) is 2.24. The predicted molar refractivity (Wildman–Crippen MR) is 75.1 cm³/mol. The highest BCUT2D eigenvalue weighted by atomic mass is 16.5. The molecular weight excluding hydrogens is 224 g/mol. The molecule has 3 nitrogen and oxygen atoms in total. The molecule has 96 valence electrons. The second-order valence-electron chi connectivity index (χ2n) is 4.71. The van der Waals surface area contributed by atoms with Gasteiger partial charge in [0.15, 0.2) is 0 Å². The topological polar surface area (TPSA) is 29.3 Å².